The average molecular weight is 296 g/mol. The smallest absolute Gasteiger partial charge is 0.343 e. The molecule has 1 aromatic carbocycles. The summed E-state index contributed by atoms with van der Waals surface area (Å²) in [6.45, 7) is 0.954. The van der Waals surface area contributed by atoms with Gasteiger partial charge < -0.3 is 15.2 Å². The first-order valence-corrected chi connectivity index (χ1v) is 6.05. The Morgan fingerprint density at radius 2 is 1.94 bits per heavy atom. The molecule has 1 saturated heterocycles. The molecule has 0 aromatic heterocycles. The van der Waals surface area contributed by atoms with Gasteiger partial charge in [-0.05, 0) is 17.7 Å². The Kier molecular flexibility index (Phi) is 2.27. The molecule has 0 atom stereocenters. The van der Waals surface area contributed by atoms with Gasteiger partial charge in [0, 0.05) is 17.6 Å². The zero-order chi connectivity index (χ0) is 12.0. The molecule has 2 aliphatic rings. The number of esters is 1. The minimum absolute atomic E-state index is 0.0450. The lowest BCUT2D eigenvalue weighted by atomic mass is 9.92. The Labute approximate surface area is 106 Å². The third-order valence-corrected chi connectivity index (χ3v) is 3.64. The highest BCUT2D eigenvalue weighted by atomic mass is 79.9. The molecule has 3 rings (SSSR count). The van der Waals surface area contributed by atoms with Crippen LogP contribution in [0.4, 0.5) is 0 Å². The summed E-state index contributed by atoms with van der Waals surface area (Å²) in [6, 6.07) is 7.21. The summed E-state index contributed by atoms with van der Waals surface area (Å²) < 4.78 is 6.18. The van der Waals surface area contributed by atoms with Crippen LogP contribution in [-0.2, 0) is 9.53 Å². The van der Waals surface area contributed by atoms with E-state index in [0.29, 0.717) is 18.7 Å². The topological polar surface area (TPSA) is 58.6 Å². The van der Waals surface area contributed by atoms with Crippen molar-refractivity contribution >= 4 is 27.5 Å². The number of ether oxygens (including phenoxy) is 1. The highest BCUT2D eigenvalue weighted by Crippen LogP contribution is 2.38. The van der Waals surface area contributed by atoms with E-state index in [1.54, 1.807) is 12.1 Å². The van der Waals surface area contributed by atoms with Crippen LogP contribution < -0.4 is 5.32 Å². The van der Waals surface area contributed by atoms with Gasteiger partial charge in [-0.25, -0.2) is 4.79 Å². The van der Waals surface area contributed by atoms with E-state index in [9.17, 15) is 9.90 Å². The molecule has 88 valence electrons. The number of halogens is 1. The Balaban J connectivity index is 2.07. The minimum atomic E-state index is -0.820. The van der Waals surface area contributed by atoms with Gasteiger partial charge in [0.15, 0.2) is 11.4 Å². The van der Waals surface area contributed by atoms with Crippen molar-refractivity contribution in [1.29, 1.82) is 0 Å². The number of aliphatic hydroxyl groups is 1. The minimum Gasteiger partial charge on any atom is -0.507 e. The Morgan fingerprint density at radius 3 is 2.41 bits per heavy atom. The highest BCUT2D eigenvalue weighted by molar-refractivity contribution is 9.10. The van der Waals surface area contributed by atoms with Crippen molar-refractivity contribution in [2.24, 2.45) is 0 Å². The van der Waals surface area contributed by atoms with Crippen LogP contribution in [0.15, 0.2) is 34.5 Å². The normalized spacial score (nSPS) is 21.6. The fraction of sp³-hybridized carbons (Fsp3) is 0.250. The number of nitrogens with one attached hydrogen (secondary N) is 1. The van der Waals surface area contributed by atoms with E-state index in [4.69, 9.17) is 4.74 Å². The average Bonchev–Trinajstić information content (AvgIpc) is 2.52. The molecule has 2 N–H and O–H groups in total. The fourth-order valence-corrected chi connectivity index (χ4v) is 2.33. The highest BCUT2D eigenvalue weighted by Gasteiger charge is 2.52. The number of hydrogen-bond donors (Lipinski definition) is 2. The predicted octanol–water partition coefficient (Wildman–Crippen LogP) is 1.62. The summed E-state index contributed by atoms with van der Waals surface area (Å²) in [5.41, 5.74) is 0.137. The second-order valence-electron chi connectivity index (χ2n) is 4.22. The van der Waals surface area contributed by atoms with Gasteiger partial charge in [-0.2, -0.15) is 0 Å². The number of benzene rings is 1. The second-order valence-corrected chi connectivity index (χ2v) is 5.13. The quantitative estimate of drug-likeness (QED) is 0.773. The van der Waals surface area contributed by atoms with Gasteiger partial charge in [0.2, 0.25) is 0 Å². The summed E-state index contributed by atoms with van der Waals surface area (Å²) in [4.78, 5) is 11.8. The van der Waals surface area contributed by atoms with E-state index in [1.807, 2.05) is 12.1 Å². The van der Waals surface area contributed by atoms with Crippen LogP contribution in [0.1, 0.15) is 5.56 Å². The lowest BCUT2D eigenvalue weighted by molar-refractivity contribution is -0.150. The Bertz CT molecular complexity index is 517. The van der Waals surface area contributed by atoms with Crippen LogP contribution in [0.5, 0.6) is 0 Å². The maximum absolute atomic E-state index is 11.8. The van der Waals surface area contributed by atoms with E-state index in [0.717, 1.165) is 4.47 Å². The van der Waals surface area contributed by atoms with E-state index >= 15 is 0 Å². The Morgan fingerprint density at radius 1 is 1.29 bits per heavy atom. The summed E-state index contributed by atoms with van der Waals surface area (Å²) in [5, 5.41) is 13.1. The maximum Gasteiger partial charge on any atom is 0.343 e. The van der Waals surface area contributed by atoms with E-state index in [-0.39, 0.29) is 11.3 Å². The third kappa shape index (κ3) is 1.50. The molecule has 0 bridgehead atoms. The van der Waals surface area contributed by atoms with Crippen molar-refractivity contribution in [1.82, 2.24) is 5.32 Å². The van der Waals surface area contributed by atoms with Crippen LogP contribution in [-0.4, -0.2) is 29.8 Å². The molecule has 0 radical (unpaired) electrons. The number of hydrogen-bond acceptors (Lipinski definition) is 4. The molecule has 0 amide bonds. The molecule has 0 aliphatic carbocycles. The molecule has 1 aromatic rings. The second kappa shape index (κ2) is 3.58. The van der Waals surface area contributed by atoms with Gasteiger partial charge in [0.25, 0.3) is 0 Å². The van der Waals surface area contributed by atoms with Gasteiger partial charge in [-0.3, -0.25) is 0 Å². The monoisotopic (exact) mass is 295 g/mol. The van der Waals surface area contributed by atoms with Gasteiger partial charge in [-0.15, -0.1) is 0 Å². The first-order valence-electron chi connectivity index (χ1n) is 5.26. The number of aliphatic hydroxyl groups excluding tert-OH is 1. The van der Waals surface area contributed by atoms with Crippen LogP contribution in [0.3, 0.4) is 0 Å². The zero-order valence-corrected chi connectivity index (χ0v) is 10.5. The predicted molar refractivity (Wildman–Crippen MR) is 65.4 cm³/mol. The lowest BCUT2D eigenvalue weighted by Crippen LogP contribution is -2.60. The van der Waals surface area contributed by atoms with Crippen molar-refractivity contribution in [3.63, 3.8) is 0 Å². The van der Waals surface area contributed by atoms with Crippen LogP contribution in [0.2, 0.25) is 0 Å². The fourth-order valence-electron chi connectivity index (χ4n) is 2.06. The first-order chi connectivity index (χ1) is 8.12. The molecule has 4 nitrogen and oxygen atoms in total. The molecular formula is C12H10BrNO3. The molecule has 1 spiro atoms. The number of rotatable bonds is 1. The molecule has 0 unspecified atom stereocenters. The van der Waals surface area contributed by atoms with Crippen LogP contribution >= 0.6 is 15.9 Å². The van der Waals surface area contributed by atoms with E-state index in [1.165, 1.54) is 0 Å². The molecule has 5 heteroatoms. The van der Waals surface area contributed by atoms with Crippen molar-refractivity contribution in [3.05, 3.63) is 40.1 Å². The third-order valence-electron chi connectivity index (χ3n) is 3.11. The molecular weight excluding hydrogens is 286 g/mol. The molecule has 1 fully saturated rings. The van der Waals surface area contributed by atoms with Crippen molar-refractivity contribution in [2.75, 3.05) is 13.1 Å². The standard InChI is InChI=1S/C12H10BrNO3/c13-8-3-1-7(2-4-8)9-10(15)12(5-14-6-12)17-11(9)16/h1-4,14-15H,5-6H2. The number of carbonyl (C=O) groups is 1. The molecule has 2 aliphatic heterocycles. The summed E-state index contributed by atoms with van der Waals surface area (Å²) in [5.74, 6) is -0.408. The van der Waals surface area contributed by atoms with Crippen LogP contribution in [0.25, 0.3) is 5.57 Å². The maximum atomic E-state index is 11.8. The van der Waals surface area contributed by atoms with E-state index in [2.05, 4.69) is 21.2 Å². The molecule has 0 saturated carbocycles. The summed E-state index contributed by atoms with van der Waals surface area (Å²) in [6.07, 6.45) is 0. The van der Waals surface area contributed by atoms with Crippen LogP contribution in [0, 0.1) is 0 Å². The van der Waals surface area contributed by atoms with Gasteiger partial charge in [0.1, 0.15) is 5.57 Å². The largest absolute Gasteiger partial charge is 0.507 e. The van der Waals surface area contributed by atoms with Crippen molar-refractivity contribution in [2.45, 2.75) is 5.60 Å². The first kappa shape index (κ1) is 10.8. The SMILES string of the molecule is O=C1OC2(CNC2)C(O)=C1c1ccc(Br)cc1. The molecule has 2 heterocycles. The summed E-state index contributed by atoms with van der Waals surface area (Å²) in [7, 11) is 0. The van der Waals surface area contributed by atoms with Crippen molar-refractivity contribution in [3.8, 4) is 0 Å². The van der Waals surface area contributed by atoms with Gasteiger partial charge >= 0.3 is 5.97 Å². The molecule has 17 heavy (non-hydrogen) atoms. The van der Waals surface area contributed by atoms with Gasteiger partial charge in [-0.1, -0.05) is 28.1 Å². The zero-order valence-electron chi connectivity index (χ0n) is 8.87. The summed E-state index contributed by atoms with van der Waals surface area (Å²) >= 11 is 3.33. The lowest BCUT2D eigenvalue weighted by Gasteiger charge is -2.36. The Hall–Kier alpha value is -1.33. The van der Waals surface area contributed by atoms with Crippen molar-refractivity contribution < 1.29 is 14.6 Å². The number of carbonyl (C=O) groups excluding carboxylic acids is 1. The van der Waals surface area contributed by atoms with E-state index < -0.39 is 11.6 Å². The van der Waals surface area contributed by atoms with Gasteiger partial charge in [0.05, 0.1) is 0 Å².